The third-order valence-electron chi connectivity index (χ3n) is 12.0. The zero-order valence-electron chi connectivity index (χ0n) is 35.0. The van der Waals surface area contributed by atoms with Gasteiger partial charge in [0.05, 0.1) is 0 Å². The Morgan fingerprint density at radius 2 is 0.597 bits per heavy atom. The smallest absolute Gasteiger partial charge is 0.0467 e. The van der Waals surface area contributed by atoms with Crippen LogP contribution < -0.4 is 9.80 Å². The lowest BCUT2D eigenvalue weighted by atomic mass is 9.91. The van der Waals surface area contributed by atoms with Crippen molar-refractivity contribution in [2.24, 2.45) is 0 Å². The number of rotatable bonds is 10. The van der Waals surface area contributed by atoms with Crippen LogP contribution in [0.5, 0.6) is 0 Å². The minimum absolute atomic E-state index is 1.09. The fraction of sp³-hybridized carbons (Fsp3) is 0.0333. The predicted molar refractivity (Wildman–Crippen MR) is 265 cm³/mol. The topological polar surface area (TPSA) is 6.48 Å². The van der Waals surface area contributed by atoms with Gasteiger partial charge < -0.3 is 9.80 Å². The van der Waals surface area contributed by atoms with Crippen molar-refractivity contribution in [3.8, 4) is 44.5 Å². The average molecular weight is 795 g/mol. The van der Waals surface area contributed by atoms with Gasteiger partial charge in [0, 0.05) is 34.1 Å². The molecule has 0 spiro atoms. The molecule has 0 aliphatic heterocycles. The molecular weight excluding hydrogens is 749 g/mol. The maximum Gasteiger partial charge on any atom is 0.0467 e. The van der Waals surface area contributed by atoms with E-state index >= 15 is 0 Å². The van der Waals surface area contributed by atoms with E-state index in [2.05, 4.69) is 266 Å². The molecule has 2 nitrogen and oxygen atoms in total. The second-order valence-corrected chi connectivity index (χ2v) is 15.9. The summed E-state index contributed by atoms with van der Waals surface area (Å²) in [5.74, 6) is 0. The molecule has 0 aliphatic rings. The van der Waals surface area contributed by atoms with Gasteiger partial charge in [0.15, 0.2) is 0 Å². The Bertz CT molecular complexity index is 3080. The van der Waals surface area contributed by atoms with Crippen LogP contribution in [-0.2, 0) is 0 Å². The molecule has 10 aromatic carbocycles. The van der Waals surface area contributed by atoms with Crippen LogP contribution in [0, 0.1) is 13.8 Å². The number of benzene rings is 10. The number of aryl methyl sites for hydroxylation is 2. The van der Waals surface area contributed by atoms with Crippen LogP contribution in [0.2, 0.25) is 0 Å². The molecule has 0 heterocycles. The minimum atomic E-state index is 1.09. The number of fused-ring (bicyclic) bond motifs is 1. The molecule has 0 fully saturated rings. The molecule has 62 heavy (non-hydrogen) atoms. The summed E-state index contributed by atoms with van der Waals surface area (Å²) in [4.78, 5) is 4.70. The lowest BCUT2D eigenvalue weighted by Crippen LogP contribution is -2.10. The molecule has 0 atom stereocenters. The highest BCUT2D eigenvalue weighted by Gasteiger charge is 2.18. The first kappa shape index (κ1) is 38.3. The van der Waals surface area contributed by atoms with Crippen molar-refractivity contribution in [2.75, 3.05) is 9.80 Å². The average Bonchev–Trinajstić information content (AvgIpc) is 3.34. The van der Waals surface area contributed by atoms with Gasteiger partial charge in [-0.05, 0) is 153 Å². The molecule has 2 heteroatoms. The van der Waals surface area contributed by atoms with Crippen molar-refractivity contribution in [2.45, 2.75) is 13.8 Å². The minimum Gasteiger partial charge on any atom is -0.311 e. The first-order chi connectivity index (χ1) is 30.6. The highest BCUT2D eigenvalue weighted by Crippen LogP contribution is 2.42. The van der Waals surface area contributed by atoms with Gasteiger partial charge in [-0.3, -0.25) is 0 Å². The first-order valence-electron chi connectivity index (χ1n) is 21.3. The van der Waals surface area contributed by atoms with Crippen LogP contribution in [0.15, 0.2) is 243 Å². The van der Waals surface area contributed by atoms with E-state index in [0.29, 0.717) is 0 Å². The molecule has 0 saturated heterocycles. The fourth-order valence-corrected chi connectivity index (χ4v) is 8.70. The first-order valence-corrected chi connectivity index (χ1v) is 21.3. The second kappa shape index (κ2) is 17.0. The summed E-state index contributed by atoms with van der Waals surface area (Å²) in [7, 11) is 0. The third-order valence-corrected chi connectivity index (χ3v) is 12.0. The molecule has 10 rings (SSSR count). The standard InChI is InChI=1S/C60H46N2/c1-43-23-33-57(42-59(43)60-44(2)22-24-51-18-12-13-21-58(51)60)62(55-38-27-48(28-39-55)46-16-8-4-9-17-46)56-40-31-50(32-41-56)49-29-36-54(37-30-49)61(52-19-10-5-11-20-52)53-34-25-47(26-35-53)45-14-6-3-7-15-45/h3-42H,1-2H3. The molecule has 0 unspecified atom stereocenters. The van der Waals surface area contributed by atoms with Gasteiger partial charge in [0.25, 0.3) is 0 Å². The second-order valence-electron chi connectivity index (χ2n) is 15.9. The van der Waals surface area contributed by atoms with E-state index in [1.165, 1.54) is 55.3 Å². The molecule has 0 N–H and O–H groups in total. The largest absolute Gasteiger partial charge is 0.311 e. The van der Waals surface area contributed by atoms with Gasteiger partial charge in [-0.2, -0.15) is 0 Å². The number of para-hydroxylation sites is 1. The zero-order valence-corrected chi connectivity index (χ0v) is 35.0. The Kier molecular flexibility index (Phi) is 10.5. The summed E-state index contributed by atoms with van der Waals surface area (Å²) in [6.45, 7) is 4.45. The SMILES string of the molecule is Cc1ccc(N(c2ccc(-c3ccccc3)cc2)c2ccc(-c3ccc(N(c4ccccc4)c4ccc(-c5ccccc5)cc4)cc3)cc2)cc1-c1c(C)ccc2ccccc12. The Morgan fingerprint density at radius 3 is 1.06 bits per heavy atom. The molecule has 0 radical (unpaired) electrons. The highest BCUT2D eigenvalue weighted by atomic mass is 15.1. The van der Waals surface area contributed by atoms with Crippen LogP contribution in [0.3, 0.4) is 0 Å². The van der Waals surface area contributed by atoms with Crippen molar-refractivity contribution in [1.29, 1.82) is 0 Å². The van der Waals surface area contributed by atoms with Gasteiger partial charge >= 0.3 is 0 Å². The van der Waals surface area contributed by atoms with E-state index in [0.717, 1.165) is 45.3 Å². The lowest BCUT2D eigenvalue weighted by Gasteiger charge is -2.27. The number of anilines is 6. The summed E-state index contributed by atoms with van der Waals surface area (Å²) in [5.41, 5.74) is 18.8. The van der Waals surface area contributed by atoms with Crippen molar-refractivity contribution in [1.82, 2.24) is 0 Å². The van der Waals surface area contributed by atoms with Crippen LogP contribution in [-0.4, -0.2) is 0 Å². The maximum atomic E-state index is 2.38. The molecule has 10 aromatic rings. The molecule has 0 amide bonds. The molecular formula is C60H46N2. The van der Waals surface area contributed by atoms with Crippen molar-refractivity contribution in [3.63, 3.8) is 0 Å². The maximum absolute atomic E-state index is 2.38. The van der Waals surface area contributed by atoms with Gasteiger partial charge in [0.2, 0.25) is 0 Å². The summed E-state index contributed by atoms with van der Waals surface area (Å²) in [5, 5.41) is 2.52. The van der Waals surface area contributed by atoms with Gasteiger partial charge in [-0.25, -0.2) is 0 Å². The number of hydrogen-bond acceptors (Lipinski definition) is 2. The number of hydrogen-bond donors (Lipinski definition) is 0. The molecule has 0 saturated carbocycles. The number of nitrogens with zero attached hydrogens (tertiary/aromatic N) is 2. The van der Waals surface area contributed by atoms with E-state index in [4.69, 9.17) is 0 Å². The van der Waals surface area contributed by atoms with Crippen LogP contribution in [0.25, 0.3) is 55.3 Å². The van der Waals surface area contributed by atoms with Crippen LogP contribution >= 0.6 is 0 Å². The summed E-state index contributed by atoms with van der Waals surface area (Å²) < 4.78 is 0. The Labute approximate surface area is 365 Å². The lowest BCUT2D eigenvalue weighted by molar-refractivity contribution is 1.27. The van der Waals surface area contributed by atoms with E-state index < -0.39 is 0 Å². The fourth-order valence-electron chi connectivity index (χ4n) is 8.70. The van der Waals surface area contributed by atoms with Crippen molar-refractivity contribution >= 4 is 44.9 Å². The van der Waals surface area contributed by atoms with Gasteiger partial charge in [-0.15, -0.1) is 0 Å². The monoisotopic (exact) mass is 794 g/mol. The van der Waals surface area contributed by atoms with E-state index in [9.17, 15) is 0 Å². The Morgan fingerprint density at radius 1 is 0.258 bits per heavy atom. The van der Waals surface area contributed by atoms with E-state index in [-0.39, 0.29) is 0 Å². The van der Waals surface area contributed by atoms with Crippen molar-refractivity contribution < 1.29 is 0 Å². The molecule has 0 bridgehead atoms. The highest BCUT2D eigenvalue weighted by molar-refractivity contribution is 6.00. The van der Waals surface area contributed by atoms with Gasteiger partial charge in [0.1, 0.15) is 0 Å². The summed E-state index contributed by atoms with van der Waals surface area (Å²) in [6.07, 6.45) is 0. The normalized spacial score (nSPS) is 11.1. The summed E-state index contributed by atoms with van der Waals surface area (Å²) in [6, 6.07) is 87.5. The van der Waals surface area contributed by atoms with Crippen LogP contribution in [0.4, 0.5) is 34.1 Å². The zero-order chi connectivity index (χ0) is 41.8. The predicted octanol–water partition coefficient (Wildman–Crippen LogP) is 17.1. The van der Waals surface area contributed by atoms with Crippen LogP contribution in [0.1, 0.15) is 11.1 Å². The van der Waals surface area contributed by atoms with E-state index in [1.807, 2.05) is 0 Å². The summed E-state index contributed by atoms with van der Waals surface area (Å²) >= 11 is 0. The van der Waals surface area contributed by atoms with E-state index in [1.54, 1.807) is 0 Å². The molecule has 0 aromatic heterocycles. The Hall–Kier alpha value is -7.94. The van der Waals surface area contributed by atoms with Gasteiger partial charge in [-0.1, -0.05) is 170 Å². The quantitative estimate of drug-likeness (QED) is 0.136. The third kappa shape index (κ3) is 7.67. The van der Waals surface area contributed by atoms with Crippen molar-refractivity contribution in [3.05, 3.63) is 254 Å². The molecule has 0 aliphatic carbocycles. The molecule has 296 valence electrons. The Balaban J connectivity index is 1.00.